The number of benzene rings is 2. The summed E-state index contributed by atoms with van der Waals surface area (Å²) in [5.41, 5.74) is 1.48. The topological polar surface area (TPSA) is 67.9 Å². The Hall–Kier alpha value is -2.87. The number of methoxy groups -OCH3 is 1. The van der Waals surface area contributed by atoms with Gasteiger partial charge < -0.3 is 14.8 Å². The summed E-state index contributed by atoms with van der Waals surface area (Å²) in [5, 5.41) is 2.50. The van der Waals surface area contributed by atoms with Crippen molar-refractivity contribution in [2.45, 2.75) is 6.61 Å². The molecule has 1 heterocycles. The molecule has 1 aliphatic heterocycles. The first-order valence-corrected chi connectivity index (χ1v) is 8.74. The second-order valence-electron chi connectivity index (χ2n) is 5.80. The number of imide groups is 1. The van der Waals surface area contributed by atoms with Gasteiger partial charge in [-0.1, -0.05) is 28.1 Å². The Kier molecular flexibility index (Phi) is 5.46. The maximum absolute atomic E-state index is 13.3. The van der Waals surface area contributed by atoms with E-state index >= 15 is 0 Å². The lowest BCUT2D eigenvalue weighted by Crippen LogP contribution is -2.25. The molecule has 0 spiro atoms. The van der Waals surface area contributed by atoms with Crippen molar-refractivity contribution < 1.29 is 23.5 Å². The molecule has 0 bridgehead atoms. The smallest absolute Gasteiger partial charge is 0.328 e. The molecule has 3 rings (SSSR count). The lowest BCUT2D eigenvalue weighted by atomic mass is 10.1. The number of carbonyl (C=O) groups is 2. The Morgan fingerprint density at radius 2 is 2.00 bits per heavy atom. The number of ether oxygens (including phenoxy) is 2. The summed E-state index contributed by atoms with van der Waals surface area (Å²) in [5.74, 6) is 0.137. The largest absolute Gasteiger partial charge is 0.493 e. The van der Waals surface area contributed by atoms with Crippen LogP contribution in [0.1, 0.15) is 11.1 Å². The van der Waals surface area contributed by atoms with Gasteiger partial charge in [0, 0.05) is 11.5 Å². The van der Waals surface area contributed by atoms with Crippen molar-refractivity contribution in [3.05, 3.63) is 63.5 Å². The van der Waals surface area contributed by atoms with Gasteiger partial charge in [-0.25, -0.2) is 9.18 Å². The number of amides is 3. The molecular weight excluding hydrogens is 419 g/mol. The number of urea groups is 1. The second-order valence-corrected chi connectivity index (χ2v) is 6.65. The highest BCUT2D eigenvalue weighted by atomic mass is 79.9. The fraction of sp³-hybridized carbons (Fsp3) is 0.158. The molecule has 2 aromatic rings. The van der Waals surface area contributed by atoms with Crippen molar-refractivity contribution in [1.82, 2.24) is 10.2 Å². The Bertz CT molecular complexity index is 945. The summed E-state index contributed by atoms with van der Waals surface area (Å²) in [6.45, 7) is 0.167. The normalized spacial score (nSPS) is 15.3. The molecule has 2 aromatic carbocycles. The maximum Gasteiger partial charge on any atom is 0.328 e. The second kappa shape index (κ2) is 7.79. The van der Waals surface area contributed by atoms with E-state index < -0.39 is 11.9 Å². The van der Waals surface area contributed by atoms with Crippen LogP contribution in [0.15, 0.2) is 46.6 Å². The molecular formula is C19H16BrFN2O4. The van der Waals surface area contributed by atoms with Gasteiger partial charge in [0.05, 0.1) is 7.11 Å². The van der Waals surface area contributed by atoms with E-state index in [1.54, 1.807) is 30.3 Å². The molecule has 1 saturated heterocycles. The van der Waals surface area contributed by atoms with E-state index in [2.05, 4.69) is 21.2 Å². The minimum atomic E-state index is -0.482. The van der Waals surface area contributed by atoms with Gasteiger partial charge >= 0.3 is 6.03 Å². The van der Waals surface area contributed by atoms with Crippen LogP contribution in [0.25, 0.3) is 6.08 Å². The number of rotatable bonds is 5. The molecule has 1 fully saturated rings. The van der Waals surface area contributed by atoms with E-state index in [0.717, 1.165) is 4.90 Å². The summed E-state index contributed by atoms with van der Waals surface area (Å²) < 4.78 is 25.0. The minimum Gasteiger partial charge on any atom is -0.493 e. The van der Waals surface area contributed by atoms with Crippen LogP contribution in [0, 0.1) is 5.82 Å². The van der Waals surface area contributed by atoms with Gasteiger partial charge in [-0.3, -0.25) is 9.69 Å². The van der Waals surface area contributed by atoms with Gasteiger partial charge in [0.1, 0.15) is 18.1 Å². The standard InChI is InChI=1S/C19H16BrFN2O4/c1-23-18(24)15(22-19(23)25)7-12-8-16(26-2)17(9-14(12)20)27-10-11-4-3-5-13(21)6-11/h3-9H,10H2,1-2H3,(H,22,25)/b15-7+. The van der Waals surface area contributed by atoms with Crippen LogP contribution in [0.2, 0.25) is 0 Å². The fourth-order valence-electron chi connectivity index (χ4n) is 2.50. The summed E-state index contributed by atoms with van der Waals surface area (Å²) in [7, 11) is 2.89. The zero-order valence-corrected chi connectivity index (χ0v) is 16.2. The molecule has 0 atom stereocenters. The number of carbonyl (C=O) groups excluding carboxylic acids is 2. The van der Waals surface area contributed by atoms with E-state index in [1.165, 1.54) is 26.3 Å². The molecule has 8 heteroatoms. The number of halogens is 2. The van der Waals surface area contributed by atoms with E-state index in [0.29, 0.717) is 27.1 Å². The predicted molar refractivity (Wildman–Crippen MR) is 101 cm³/mol. The monoisotopic (exact) mass is 434 g/mol. The van der Waals surface area contributed by atoms with Crippen LogP contribution in [0.5, 0.6) is 11.5 Å². The van der Waals surface area contributed by atoms with Gasteiger partial charge in [0.15, 0.2) is 11.5 Å². The van der Waals surface area contributed by atoms with Gasteiger partial charge in [0.25, 0.3) is 5.91 Å². The Balaban J connectivity index is 1.85. The average Bonchev–Trinajstić information content (AvgIpc) is 2.88. The maximum atomic E-state index is 13.3. The van der Waals surface area contributed by atoms with Gasteiger partial charge in [-0.2, -0.15) is 0 Å². The molecule has 0 radical (unpaired) electrons. The van der Waals surface area contributed by atoms with Crippen LogP contribution in [0.3, 0.4) is 0 Å². The first-order valence-electron chi connectivity index (χ1n) is 7.94. The SMILES string of the molecule is COc1cc(/C=C2/NC(=O)N(C)C2=O)c(Br)cc1OCc1cccc(F)c1. The third-order valence-electron chi connectivity index (χ3n) is 3.95. The summed E-state index contributed by atoms with van der Waals surface area (Å²) in [6.07, 6.45) is 1.55. The zero-order valence-electron chi connectivity index (χ0n) is 14.6. The molecule has 3 amide bonds. The van der Waals surface area contributed by atoms with E-state index in [1.807, 2.05) is 0 Å². The fourth-order valence-corrected chi connectivity index (χ4v) is 2.94. The Labute approximate surface area is 163 Å². The van der Waals surface area contributed by atoms with Crippen molar-refractivity contribution in [2.75, 3.05) is 14.2 Å². The number of nitrogens with zero attached hydrogens (tertiary/aromatic N) is 1. The first kappa shape index (κ1) is 18.9. The highest BCUT2D eigenvalue weighted by molar-refractivity contribution is 9.10. The molecule has 1 N–H and O–H groups in total. The average molecular weight is 435 g/mol. The molecule has 0 aliphatic carbocycles. The number of hydrogen-bond acceptors (Lipinski definition) is 4. The quantitative estimate of drug-likeness (QED) is 0.575. The lowest BCUT2D eigenvalue weighted by Gasteiger charge is -2.13. The molecule has 140 valence electrons. The highest BCUT2D eigenvalue weighted by Crippen LogP contribution is 2.35. The van der Waals surface area contributed by atoms with Crippen LogP contribution in [-0.2, 0) is 11.4 Å². The highest BCUT2D eigenvalue weighted by Gasteiger charge is 2.30. The summed E-state index contributed by atoms with van der Waals surface area (Å²) in [6, 6.07) is 9.01. The number of nitrogens with one attached hydrogen (secondary N) is 1. The van der Waals surface area contributed by atoms with Gasteiger partial charge in [-0.05, 0) is 41.5 Å². The van der Waals surface area contributed by atoms with Crippen LogP contribution < -0.4 is 14.8 Å². The number of likely N-dealkylation sites (N-methyl/N-ethyl adjacent to an activating group) is 1. The predicted octanol–water partition coefficient (Wildman–Crippen LogP) is 3.70. The molecule has 27 heavy (non-hydrogen) atoms. The zero-order chi connectivity index (χ0) is 19.6. The third-order valence-corrected chi connectivity index (χ3v) is 4.63. The van der Waals surface area contributed by atoms with Gasteiger partial charge in [0.2, 0.25) is 0 Å². The molecule has 0 saturated carbocycles. The van der Waals surface area contributed by atoms with Crippen molar-refractivity contribution in [3.63, 3.8) is 0 Å². The molecule has 0 unspecified atom stereocenters. The Morgan fingerprint density at radius 3 is 2.63 bits per heavy atom. The molecule has 1 aliphatic rings. The van der Waals surface area contributed by atoms with Gasteiger partial charge in [-0.15, -0.1) is 0 Å². The van der Waals surface area contributed by atoms with Crippen LogP contribution >= 0.6 is 15.9 Å². The van der Waals surface area contributed by atoms with Crippen molar-refractivity contribution >= 4 is 33.9 Å². The van der Waals surface area contributed by atoms with Crippen molar-refractivity contribution in [1.29, 1.82) is 0 Å². The summed E-state index contributed by atoms with van der Waals surface area (Å²) in [4.78, 5) is 24.6. The van der Waals surface area contributed by atoms with E-state index in [4.69, 9.17) is 9.47 Å². The van der Waals surface area contributed by atoms with Crippen LogP contribution in [-0.4, -0.2) is 31.0 Å². The Morgan fingerprint density at radius 1 is 1.22 bits per heavy atom. The first-order chi connectivity index (χ1) is 12.9. The van der Waals surface area contributed by atoms with Crippen LogP contribution in [0.4, 0.5) is 9.18 Å². The molecule has 6 nitrogen and oxygen atoms in total. The lowest BCUT2D eigenvalue weighted by molar-refractivity contribution is -0.121. The summed E-state index contributed by atoms with van der Waals surface area (Å²) >= 11 is 3.43. The minimum absolute atomic E-state index is 0.165. The number of hydrogen-bond donors (Lipinski definition) is 1. The third kappa shape index (κ3) is 4.11. The van der Waals surface area contributed by atoms with E-state index in [9.17, 15) is 14.0 Å². The van der Waals surface area contributed by atoms with Crippen molar-refractivity contribution in [2.24, 2.45) is 0 Å². The molecule has 0 aromatic heterocycles. The van der Waals surface area contributed by atoms with E-state index in [-0.39, 0.29) is 18.1 Å². The van der Waals surface area contributed by atoms with Crippen molar-refractivity contribution in [3.8, 4) is 11.5 Å².